The predicted molar refractivity (Wildman–Crippen MR) is 114 cm³/mol. The van der Waals surface area contributed by atoms with E-state index in [1.807, 2.05) is 0 Å². The number of aliphatic hydroxyl groups is 1. The van der Waals surface area contributed by atoms with Gasteiger partial charge in [0.15, 0.2) is 0 Å². The Hall–Kier alpha value is -0.640. The number of rotatable bonds is 8. The fourth-order valence-corrected chi connectivity index (χ4v) is 3.51. The van der Waals surface area contributed by atoms with Crippen molar-refractivity contribution in [1.29, 1.82) is 0 Å². The third-order valence-electron chi connectivity index (χ3n) is 3.33. The molecule has 0 aliphatic rings. The first kappa shape index (κ1) is 27.4. The number of halogens is 9. The summed E-state index contributed by atoms with van der Waals surface area (Å²) >= 11 is 26.3. The Labute approximate surface area is 198 Å². The van der Waals surface area contributed by atoms with Crippen LogP contribution in [-0.4, -0.2) is 31.2 Å². The molecule has 0 amide bonds. The largest absolute Gasteiger partial charge is 0.487 e. The van der Waals surface area contributed by atoms with Gasteiger partial charge in [0.05, 0.1) is 26.7 Å². The molecule has 2 aromatic rings. The summed E-state index contributed by atoms with van der Waals surface area (Å²) in [6.07, 6.45) is -5.09. The van der Waals surface area contributed by atoms with Gasteiger partial charge in [-0.3, -0.25) is 0 Å². The van der Waals surface area contributed by atoms with Crippen molar-refractivity contribution < 1.29 is 32.1 Å². The van der Waals surface area contributed by atoms with Crippen LogP contribution in [0.1, 0.15) is 11.1 Å². The van der Waals surface area contributed by atoms with Gasteiger partial charge in [0.2, 0.25) is 0 Å². The van der Waals surface area contributed by atoms with E-state index in [1.165, 1.54) is 24.3 Å². The molecule has 3 nitrogen and oxygen atoms in total. The zero-order valence-corrected chi connectivity index (χ0v) is 19.6. The molecule has 0 radical (unpaired) electrons. The van der Waals surface area contributed by atoms with Crippen molar-refractivity contribution in [3.05, 3.63) is 55.5 Å². The van der Waals surface area contributed by atoms with Crippen LogP contribution in [0, 0.1) is 0 Å². The minimum Gasteiger partial charge on any atom is -0.487 e. The van der Waals surface area contributed by atoms with Crippen LogP contribution in [0.5, 0.6) is 11.5 Å². The van der Waals surface area contributed by atoms with E-state index in [0.717, 1.165) is 0 Å². The van der Waals surface area contributed by atoms with Crippen LogP contribution in [0.15, 0.2) is 24.3 Å². The third kappa shape index (κ3) is 8.48. The summed E-state index contributed by atoms with van der Waals surface area (Å²) in [6.45, 7) is -1.82. The minimum absolute atomic E-state index is 0.117. The highest BCUT2D eigenvalue weighted by Crippen LogP contribution is 2.35. The van der Waals surface area contributed by atoms with Crippen molar-refractivity contribution >= 4 is 62.3 Å². The van der Waals surface area contributed by atoms with Gasteiger partial charge in [-0.2, -0.15) is 0 Å². The van der Waals surface area contributed by atoms with Gasteiger partial charge in [-0.05, 0) is 24.3 Å². The van der Waals surface area contributed by atoms with Crippen LogP contribution in [0.3, 0.4) is 0 Å². The van der Waals surface area contributed by atoms with Crippen molar-refractivity contribution in [1.82, 2.24) is 0 Å². The summed E-state index contributed by atoms with van der Waals surface area (Å²) in [5, 5.41) is 10.4. The van der Waals surface area contributed by atoms with Gasteiger partial charge < -0.3 is 14.6 Å². The van der Waals surface area contributed by atoms with Crippen molar-refractivity contribution in [2.75, 3.05) is 13.2 Å². The topological polar surface area (TPSA) is 38.7 Å². The van der Waals surface area contributed by atoms with E-state index in [2.05, 4.69) is 15.9 Å². The number of ether oxygens (including phenoxy) is 2. The normalized spacial score (nSPS) is 10.8. The maximum absolute atomic E-state index is 11.9. The molecule has 0 heterocycles. The van der Waals surface area contributed by atoms with E-state index in [0.29, 0.717) is 26.7 Å². The van der Waals surface area contributed by atoms with E-state index in [-0.39, 0.29) is 21.4 Å². The quantitative estimate of drug-likeness (QED) is 0.259. The molecule has 0 unspecified atom stereocenters. The second-order valence-electron chi connectivity index (χ2n) is 5.37. The number of benzene rings is 2. The molecule has 2 aromatic carbocycles. The van der Waals surface area contributed by atoms with Crippen LogP contribution in [0.25, 0.3) is 0 Å². The molecule has 0 spiro atoms. The highest BCUT2D eigenvalue weighted by atomic mass is 79.9. The Morgan fingerprint density at radius 1 is 0.767 bits per heavy atom. The lowest BCUT2D eigenvalue weighted by Gasteiger charge is -2.11. The predicted octanol–water partition coefficient (Wildman–Crippen LogP) is 7.66. The maximum Gasteiger partial charge on any atom is 0.272 e. The monoisotopic (exact) mass is 574 g/mol. The molecule has 0 aliphatic carbocycles. The first-order valence-electron chi connectivity index (χ1n) is 8.04. The molecular weight excluding hydrogens is 562 g/mol. The third-order valence-corrected chi connectivity index (χ3v) is 5.58. The van der Waals surface area contributed by atoms with E-state index >= 15 is 0 Å². The van der Waals surface area contributed by atoms with E-state index in [1.54, 1.807) is 0 Å². The van der Waals surface area contributed by atoms with Crippen LogP contribution in [-0.2, 0) is 11.9 Å². The fourth-order valence-electron chi connectivity index (χ4n) is 2.00. The van der Waals surface area contributed by atoms with E-state index in [9.17, 15) is 17.6 Å². The molecule has 1 N–H and O–H groups in total. The Balaban J connectivity index is 0.000000300. The molecule has 0 atom stereocenters. The molecule has 0 saturated carbocycles. The molecule has 30 heavy (non-hydrogen) atoms. The Morgan fingerprint density at radius 3 is 1.53 bits per heavy atom. The smallest absolute Gasteiger partial charge is 0.272 e. The van der Waals surface area contributed by atoms with Crippen molar-refractivity contribution in [2.45, 2.75) is 24.8 Å². The SMILES string of the molecule is FC(F)COc1ccc(Cl)c(Cl)c1CBr.OCc1c(OCC(F)F)ccc(Cl)c1Cl. The Morgan fingerprint density at radius 2 is 1.17 bits per heavy atom. The summed E-state index contributed by atoms with van der Waals surface area (Å²) in [5.74, 6) is 0.439. The van der Waals surface area contributed by atoms with Crippen LogP contribution in [0.2, 0.25) is 20.1 Å². The number of alkyl halides is 5. The average Bonchev–Trinajstić information content (AvgIpc) is 2.70. The number of hydrogen-bond donors (Lipinski definition) is 1. The van der Waals surface area contributed by atoms with Gasteiger partial charge >= 0.3 is 0 Å². The second-order valence-corrected chi connectivity index (χ2v) is 7.50. The average molecular weight is 577 g/mol. The van der Waals surface area contributed by atoms with Gasteiger partial charge in [-0.15, -0.1) is 0 Å². The first-order chi connectivity index (χ1) is 14.1. The summed E-state index contributed by atoms with van der Waals surface area (Å²) in [5.41, 5.74) is 0.787. The molecule has 0 fully saturated rings. The molecular formula is C18H15BrCl4F4O3. The highest BCUT2D eigenvalue weighted by molar-refractivity contribution is 9.08. The minimum atomic E-state index is -2.58. The lowest BCUT2D eigenvalue weighted by atomic mass is 10.2. The van der Waals surface area contributed by atoms with Gasteiger partial charge in [-0.1, -0.05) is 62.3 Å². The molecule has 0 aromatic heterocycles. The summed E-state index contributed by atoms with van der Waals surface area (Å²) in [4.78, 5) is 0. The summed E-state index contributed by atoms with van der Waals surface area (Å²) < 4.78 is 57.3. The molecule has 0 aliphatic heterocycles. The number of hydrogen-bond acceptors (Lipinski definition) is 3. The molecule has 2 rings (SSSR count). The van der Waals surface area contributed by atoms with Crippen LogP contribution in [0.4, 0.5) is 17.6 Å². The standard InChI is InChI=1S/C9H7BrCl2F2O.C9H8Cl2F2O2/c10-3-5-7(15-4-8(13)14)2-1-6(11)9(5)12;10-6-1-2-7(15-4-8(12)13)5(3-14)9(6)11/h1-2,8H,3-4H2;1-2,8,14H,3-4H2. The van der Waals surface area contributed by atoms with Crippen LogP contribution < -0.4 is 9.47 Å². The van der Waals surface area contributed by atoms with Crippen molar-refractivity contribution in [2.24, 2.45) is 0 Å². The molecule has 168 valence electrons. The van der Waals surface area contributed by atoms with E-state index in [4.69, 9.17) is 61.0 Å². The van der Waals surface area contributed by atoms with Gasteiger partial charge in [0.25, 0.3) is 12.9 Å². The summed E-state index contributed by atoms with van der Waals surface area (Å²) in [6, 6.07) is 5.84. The van der Waals surface area contributed by atoms with E-state index < -0.39 is 32.7 Å². The lowest BCUT2D eigenvalue weighted by molar-refractivity contribution is 0.0806. The Kier molecular flexibility index (Phi) is 12.5. The molecule has 0 saturated heterocycles. The van der Waals surface area contributed by atoms with Crippen molar-refractivity contribution in [3.8, 4) is 11.5 Å². The fraction of sp³-hybridized carbons (Fsp3) is 0.333. The van der Waals surface area contributed by atoms with Gasteiger partial charge in [0.1, 0.15) is 24.7 Å². The van der Waals surface area contributed by atoms with Gasteiger partial charge in [0, 0.05) is 16.5 Å². The molecule has 12 heteroatoms. The Bertz CT molecular complexity index is 761. The maximum atomic E-state index is 11.9. The van der Waals surface area contributed by atoms with Crippen molar-refractivity contribution in [3.63, 3.8) is 0 Å². The summed E-state index contributed by atoms with van der Waals surface area (Å²) in [7, 11) is 0. The molecule has 0 bridgehead atoms. The lowest BCUT2D eigenvalue weighted by Crippen LogP contribution is -2.08. The zero-order valence-electron chi connectivity index (χ0n) is 15.0. The first-order valence-corrected chi connectivity index (χ1v) is 10.7. The van der Waals surface area contributed by atoms with Gasteiger partial charge in [-0.25, -0.2) is 17.6 Å². The number of aliphatic hydroxyl groups excluding tert-OH is 1. The zero-order chi connectivity index (χ0) is 22.8. The van der Waals surface area contributed by atoms with Crippen LogP contribution >= 0.6 is 62.3 Å². The highest BCUT2D eigenvalue weighted by Gasteiger charge is 2.14. The second kappa shape index (κ2) is 13.7.